The van der Waals surface area contributed by atoms with Crippen molar-refractivity contribution in [3.8, 4) is 0 Å². The fourth-order valence-electron chi connectivity index (χ4n) is 4.59. The second-order valence-corrected chi connectivity index (χ2v) is 8.54. The molecule has 5 rings (SSSR count). The standard InChI is InChI=1S/C24H26N4O3/c29-22-9-8-21(23(30)27-22)28-14-20-17(2-1-3-19(20)24(28)31)11-25-10-15-4-6-16(7-5-15)18-12-26-13-18/h1-7,18,21,25-26H,8-14H2,(H,27,29,30). The van der Waals surface area contributed by atoms with Gasteiger partial charge in [-0.05, 0) is 34.7 Å². The summed E-state index contributed by atoms with van der Waals surface area (Å²) < 4.78 is 0. The molecule has 2 aromatic rings. The minimum atomic E-state index is -0.581. The van der Waals surface area contributed by atoms with Gasteiger partial charge in [-0.1, -0.05) is 36.4 Å². The molecule has 3 heterocycles. The Labute approximate surface area is 181 Å². The maximum absolute atomic E-state index is 12.9. The van der Waals surface area contributed by atoms with Gasteiger partial charge >= 0.3 is 0 Å². The van der Waals surface area contributed by atoms with Crippen molar-refractivity contribution in [2.45, 2.75) is 44.4 Å². The molecule has 0 radical (unpaired) electrons. The van der Waals surface area contributed by atoms with Crippen LogP contribution in [-0.4, -0.2) is 41.8 Å². The zero-order valence-electron chi connectivity index (χ0n) is 17.3. The number of nitrogens with zero attached hydrogens (tertiary/aromatic N) is 1. The van der Waals surface area contributed by atoms with Crippen LogP contribution >= 0.6 is 0 Å². The fraction of sp³-hybridized carbons (Fsp3) is 0.375. The van der Waals surface area contributed by atoms with E-state index in [9.17, 15) is 14.4 Å². The van der Waals surface area contributed by atoms with Crippen LogP contribution in [0.4, 0.5) is 0 Å². The van der Waals surface area contributed by atoms with E-state index in [-0.39, 0.29) is 24.1 Å². The number of carbonyl (C=O) groups excluding carboxylic acids is 3. The number of fused-ring (bicyclic) bond motifs is 1. The Balaban J connectivity index is 1.23. The van der Waals surface area contributed by atoms with Gasteiger partial charge in [0.15, 0.2) is 0 Å². The van der Waals surface area contributed by atoms with Crippen LogP contribution in [-0.2, 0) is 29.2 Å². The summed E-state index contributed by atoms with van der Waals surface area (Å²) >= 11 is 0. The number of rotatable bonds is 6. The van der Waals surface area contributed by atoms with E-state index in [0.29, 0.717) is 31.0 Å². The van der Waals surface area contributed by atoms with E-state index in [4.69, 9.17) is 0 Å². The lowest BCUT2D eigenvalue weighted by atomic mass is 9.93. The Hall–Kier alpha value is -3.03. The maximum atomic E-state index is 12.9. The van der Waals surface area contributed by atoms with Gasteiger partial charge in [-0.3, -0.25) is 19.7 Å². The molecule has 1 atom stereocenters. The van der Waals surface area contributed by atoms with E-state index in [0.717, 1.165) is 30.8 Å². The summed E-state index contributed by atoms with van der Waals surface area (Å²) in [6.07, 6.45) is 0.645. The van der Waals surface area contributed by atoms with Crippen LogP contribution in [0.1, 0.15) is 51.4 Å². The molecule has 3 N–H and O–H groups in total. The first-order valence-corrected chi connectivity index (χ1v) is 10.9. The van der Waals surface area contributed by atoms with Gasteiger partial charge < -0.3 is 15.5 Å². The van der Waals surface area contributed by atoms with Gasteiger partial charge in [0.1, 0.15) is 6.04 Å². The molecule has 2 fully saturated rings. The first-order valence-electron chi connectivity index (χ1n) is 10.9. The summed E-state index contributed by atoms with van der Waals surface area (Å²) in [5.41, 5.74) is 5.30. The van der Waals surface area contributed by atoms with Crippen LogP contribution in [0.15, 0.2) is 42.5 Å². The number of imide groups is 1. The Kier molecular flexibility index (Phi) is 5.29. The lowest BCUT2D eigenvalue weighted by Gasteiger charge is -2.29. The van der Waals surface area contributed by atoms with Gasteiger partial charge in [0.2, 0.25) is 11.8 Å². The molecule has 0 bridgehead atoms. The van der Waals surface area contributed by atoms with Crippen molar-refractivity contribution in [2.75, 3.05) is 13.1 Å². The SMILES string of the molecule is O=C1CCC(N2Cc3c(CNCc4ccc(C5CNC5)cc4)cccc3C2=O)C(=O)N1. The highest BCUT2D eigenvalue weighted by Crippen LogP contribution is 2.30. The van der Waals surface area contributed by atoms with Crippen LogP contribution in [0, 0.1) is 0 Å². The van der Waals surface area contributed by atoms with Crippen LogP contribution < -0.4 is 16.0 Å². The minimum absolute atomic E-state index is 0.132. The molecule has 1 unspecified atom stereocenters. The molecule has 7 heteroatoms. The van der Waals surface area contributed by atoms with Crippen molar-refractivity contribution in [1.82, 2.24) is 20.9 Å². The third-order valence-corrected chi connectivity index (χ3v) is 6.56. The molecule has 0 aliphatic carbocycles. The third kappa shape index (κ3) is 3.86. The van der Waals surface area contributed by atoms with Gasteiger partial charge in [0, 0.05) is 50.6 Å². The zero-order valence-corrected chi connectivity index (χ0v) is 17.3. The number of hydrogen-bond acceptors (Lipinski definition) is 5. The predicted molar refractivity (Wildman–Crippen MR) is 115 cm³/mol. The highest BCUT2D eigenvalue weighted by molar-refractivity contribution is 6.05. The number of benzene rings is 2. The second kappa shape index (κ2) is 8.24. The van der Waals surface area contributed by atoms with Crippen molar-refractivity contribution in [3.63, 3.8) is 0 Å². The summed E-state index contributed by atoms with van der Waals surface area (Å²) in [6, 6.07) is 13.9. The van der Waals surface area contributed by atoms with E-state index in [1.165, 1.54) is 11.1 Å². The first kappa shape index (κ1) is 19.9. The van der Waals surface area contributed by atoms with Crippen molar-refractivity contribution < 1.29 is 14.4 Å². The van der Waals surface area contributed by atoms with Gasteiger partial charge in [0.05, 0.1) is 0 Å². The summed E-state index contributed by atoms with van der Waals surface area (Å²) in [5, 5.41) is 9.14. The summed E-state index contributed by atoms with van der Waals surface area (Å²) in [7, 11) is 0. The van der Waals surface area contributed by atoms with E-state index >= 15 is 0 Å². The normalized spacial score (nSPS) is 21.1. The molecule has 0 aromatic heterocycles. The average molecular weight is 418 g/mol. The molecule has 160 valence electrons. The van der Waals surface area contributed by atoms with Crippen LogP contribution in [0.3, 0.4) is 0 Å². The molecular weight excluding hydrogens is 392 g/mol. The smallest absolute Gasteiger partial charge is 0.255 e. The number of nitrogens with one attached hydrogen (secondary N) is 3. The average Bonchev–Trinajstić information content (AvgIpc) is 3.05. The van der Waals surface area contributed by atoms with Gasteiger partial charge in [0.25, 0.3) is 5.91 Å². The third-order valence-electron chi connectivity index (χ3n) is 6.56. The Morgan fingerprint density at radius 2 is 1.81 bits per heavy atom. The Bertz CT molecular complexity index is 1030. The molecule has 31 heavy (non-hydrogen) atoms. The molecule has 2 aromatic carbocycles. The van der Waals surface area contributed by atoms with Crippen molar-refractivity contribution in [2.24, 2.45) is 0 Å². The Morgan fingerprint density at radius 1 is 1.00 bits per heavy atom. The van der Waals surface area contributed by atoms with Crippen molar-refractivity contribution in [3.05, 3.63) is 70.3 Å². The van der Waals surface area contributed by atoms with Crippen molar-refractivity contribution in [1.29, 1.82) is 0 Å². The highest BCUT2D eigenvalue weighted by Gasteiger charge is 2.39. The van der Waals surface area contributed by atoms with E-state index in [1.54, 1.807) is 4.90 Å². The fourth-order valence-corrected chi connectivity index (χ4v) is 4.59. The summed E-state index contributed by atoms with van der Waals surface area (Å²) in [5.74, 6) is -0.142. The topological polar surface area (TPSA) is 90.5 Å². The minimum Gasteiger partial charge on any atom is -0.322 e. The molecule has 3 aliphatic heterocycles. The number of piperidine rings is 1. The van der Waals surface area contributed by atoms with Gasteiger partial charge in [-0.25, -0.2) is 0 Å². The largest absolute Gasteiger partial charge is 0.322 e. The van der Waals surface area contributed by atoms with Crippen LogP contribution in [0.25, 0.3) is 0 Å². The summed E-state index contributed by atoms with van der Waals surface area (Å²) in [4.78, 5) is 38.2. The molecule has 0 spiro atoms. The van der Waals surface area contributed by atoms with Crippen LogP contribution in [0.5, 0.6) is 0 Å². The lowest BCUT2D eigenvalue weighted by Crippen LogP contribution is -2.52. The second-order valence-electron chi connectivity index (χ2n) is 8.54. The number of hydrogen-bond donors (Lipinski definition) is 3. The van der Waals surface area contributed by atoms with Gasteiger partial charge in [-0.15, -0.1) is 0 Å². The molecule has 3 amide bonds. The zero-order chi connectivity index (χ0) is 21.4. The first-order chi connectivity index (χ1) is 15.1. The molecule has 7 nitrogen and oxygen atoms in total. The predicted octanol–water partition coefficient (Wildman–Crippen LogP) is 1.42. The number of carbonyl (C=O) groups is 3. The van der Waals surface area contributed by atoms with Crippen LogP contribution in [0.2, 0.25) is 0 Å². The molecule has 0 saturated carbocycles. The van der Waals surface area contributed by atoms with Gasteiger partial charge in [-0.2, -0.15) is 0 Å². The lowest BCUT2D eigenvalue weighted by molar-refractivity contribution is -0.136. The monoisotopic (exact) mass is 418 g/mol. The van der Waals surface area contributed by atoms with E-state index < -0.39 is 6.04 Å². The quantitative estimate of drug-likeness (QED) is 0.618. The van der Waals surface area contributed by atoms with Crippen molar-refractivity contribution >= 4 is 17.7 Å². The maximum Gasteiger partial charge on any atom is 0.255 e. The molecule has 2 saturated heterocycles. The van der Waals surface area contributed by atoms with E-state index in [2.05, 4.69) is 40.2 Å². The Morgan fingerprint density at radius 3 is 2.52 bits per heavy atom. The number of amides is 3. The molecular formula is C24H26N4O3. The summed E-state index contributed by atoms with van der Waals surface area (Å²) in [6.45, 7) is 3.92. The molecule has 3 aliphatic rings. The van der Waals surface area contributed by atoms with E-state index in [1.807, 2.05) is 18.2 Å². The highest BCUT2D eigenvalue weighted by atomic mass is 16.2.